The molecule has 0 radical (unpaired) electrons. The van der Waals surface area contributed by atoms with Gasteiger partial charge in [0.25, 0.3) is 0 Å². The predicted octanol–water partition coefficient (Wildman–Crippen LogP) is 5.52. The molecule has 0 amide bonds. The minimum atomic E-state index is 0.372. The first-order chi connectivity index (χ1) is 9.33. The highest BCUT2D eigenvalue weighted by Gasteiger charge is 2.44. The zero-order valence-electron chi connectivity index (χ0n) is 12.8. The third kappa shape index (κ3) is 3.41. The van der Waals surface area contributed by atoms with Crippen LogP contribution in [0, 0.1) is 17.3 Å². The van der Waals surface area contributed by atoms with Crippen LogP contribution in [-0.4, -0.2) is 6.29 Å². The summed E-state index contributed by atoms with van der Waals surface area (Å²) in [6.07, 6.45) is 18.7. The molecule has 0 aromatic rings. The van der Waals surface area contributed by atoms with Gasteiger partial charge in [-0.05, 0) is 49.4 Å². The molecule has 2 aliphatic rings. The Morgan fingerprint density at radius 1 is 0.895 bits per heavy atom. The van der Waals surface area contributed by atoms with Crippen molar-refractivity contribution >= 4 is 6.29 Å². The van der Waals surface area contributed by atoms with Crippen molar-refractivity contribution < 1.29 is 4.79 Å². The van der Waals surface area contributed by atoms with Crippen molar-refractivity contribution in [1.29, 1.82) is 0 Å². The third-order valence-electron chi connectivity index (χ3n) is 6.02. The van der Waals surface area contributed by atoms with Crippen LogP contribution in [0.2, 0.25) is 0 Å². The minimum absolute atomic E-state index is 0.372. The van der Waals surface area contributed by atoms with Gasteiger partial charge < -0.3 is 4.79 Å². The summed E-state index contributed by atoms with van der Waals surface area (Å²) >= 11 is 0. The second-order valence-electron chi connectivity index (χ2n) is 7.02. The lowest BCUT2D eigenvalue weighted by atomic mass is 9.56. The van der Waals surface area contributed by atoms with Crippen molar-refractivity contribution in [2.45, 2.75) is 90.4 Å². The zero-order valence-corrected chi connectivity index (χ0v) is 12.8. The quantitative estimate of drug-likeness (QED) is 0.577. The molecule has 2 aliphatic carbocycles. The van der Waals surface area contributed by atoms with Crippen LogP contribution in [0.15, 0.2) is 0 Å². The maximum absolute atomic E-state index is 11.4. The van der Waals surface area contributed by atoms with Crippen molar-refractivity contribution in [2.24, 2.45) is 17.3 Å². The molecule has 0 spiro atoms. The molecule has 2 saturated carbocycles. The highest BCUT2D eigenvalue weighted by atomic mass is 16.1. The van der Waals surface area contributed by atoms with Crippen LogP contribution in [0.4, 0.5) is 0 Å². The van der Waals surface area contributed by atoms with E-state index in [0.29, 0.717) is 5.41 Å². The predicted molar refractivity (Wildman–Crippen MR) is 81.2 cm³/mol. The molecule has 19 heavy (non-hydrogen) atoms. The second-order valence-corrected chi connectivity index (χ2v) is 7.02. The lowest BCUT2D eigenvalue weighted by Gasteiger charge is -2.49. The standard InChI is InChI=1S/C18H32O/c1-2-13-18(14-15-19,16-9-5-3-6-10-16)17-11-7-4-8-12-17/h15-17H,2-14H2,1H3. The molecular formula is C18H32O. The van der Waals surface area contributed by atoms with Crippen molar-refractivity contribution in [3.63, 3.8) is 0 Å². The van der Waals surface area contributed by atoms with Crippen LogP contribution in [0.5, 0.6) is 0 Å². The summed E-state index contributed by atoms with van der Waals surface area (Å²) in [6, 6.07) is 0. The molecule has 0 aromatic heterocycles. The summed E-state index contributed by atoms with van der Waals surface area (Å²) in [5.41, 5.74) is 0.372. The van der Waals surface area contributed by atoms with Gasteiger partial charge in [-0.3, -0.25) is 0 Å². The van der Waals surface area contributed by atoms with E-state index in [4.69, 9.17) is 0 Å². The van der Waals surface area contributed by atoms with E-state index < -0.39 is 0 Å². The molecule has 0 atom stereocenters. The lowest BCUT2D eigenvalue weighted by Crippen LogP contribution is -2.40. The van der Waals surface area contributed by atoms with E-state index in [1.807, 2.05) is 0 Å². The molecular weight excluding hydrogens is 232 g/mol. The summed E-state index contributed by atoms with van der Waals surface area (Å²) in [4.78, 5) is 11.4. The monoisotopic (exact) mass is 264 g/mol. The van der Waals surface area contributed by atoms with Gasteiger partial charge in [0.15, 0.2) is 0 Å². The van der Waals surface area contributed by atoms with Crippen LogP contribution in [0.1, 0.15) is 90.4 Å². The molecule has 110 valence electrons. The van der Waals surface area contributed by atoms with E-state index in [2.05, 4.69) is 6.92 Å². The van der Waals surface area contributed by atoms with Crippen molar-refractivity contribution in [2.75, 3.05) is 0 Å². The van der Waals surface area contributed by atoms with Crippen LogP contribution in [0.25, 0.3) is 0 Å². The van der Waals surface area contributed by atoms with Crippen molar-refractivity contribution in [3.8, 4) is 0 Å². The minimum Gasteiger partial charge on any atom is -0.303 e. The number of carbonyl (C=O) groups is 1. The molecule has 0 aliphatic heterocycles. The fourth-order valence-electron chi connectivity index (χ4n) is 5.15. The largest absolute Gasteiger partial charge is 0.303 e. The van der Waals surface area contributed by atoms with Gasteiger partial charge in [-0.25, -0.2) is 0 Å². The summed E-state index contributed by atoms with van der Waals surface area (Å²) in [5.74, 6) is 1.68. The topological polar surface area (TPSA) is 17.1 Å². The Morgan fingerprint density at radius 3 is 1.74 bits per heavy atom. The van der Waals surface area contributed by atoms with Crippen LogP contribution >= 0.6 is 0 Å². The first-order valence-corrected chi connectivity index (χ1v) is 8.77. The fourth-order valence-corrected chi connectivity index (χ4v) is 5.15. The summed E-state index contributed by atoms with van der Waals surface area (Å²) < 4.78 is 0. The third-order valence-corrected chi connectivity index (χ3v) is 6.02. The molecule has 0 heterocycles. The van der Waals surface area contributed by atoms with Crippen molar-refractivity contribution in [1.82, 2.24) is 0 Å². The van der Waals surface area contributed by atoms with Crippen LogP contribution in [-0.2, 0) is 4.79 Å². The maximum atomic E-state index is 11.4. The summed E-state index contributed by atoms with van der Waals surface area (Å²) in [6.45, 7) is 2.31. The number of aldehydes is 1. The number of hydrogen-bond acceptors (Lipinski definition) is 1. The number of rotatable bonds is 6. The number of hydrogen-bond donors (Lipinski definition) is 0. The highest BCUT2D eigenvalue weighted by Crippen LogP contribution is 2.53. The molecule has 0 bridgehead atoms. The lowest BCUT2D eigenvalue weighted by molar-refractivity contribution is -0.113. The van der Waals surface area contributed by atoms with Gasteiger partial charge >= 0.3 is 0 Å². The summed E-state index contributed by atoms with van der Waals surface area (Å²) in [7, 11) is 0. The average Bonchev–Trinajstić information content (AvgIpc) is 2.49. The van der Waals surface area contributed by atoms with Gasteiger partial charge in [0.2, 0.25) is 0 Å². The van der Waals surface area contributed by atoms with Gasteiger partial charge in [-0.1, -0.05) is 51.9 Å². The molecule has 0 saturated heterocycles. The Morgan fingerprint density at radius 2 is 1.37 bits per heavy atom. The Kier molecular flexibility index (Phi) is 5.91. The molecule has 1 heteroatoms. The summed E-state index contributed by atoms with van der Waals surface area (Å²) in [5, 5.41) is 0. The number of carbonyl (C=O) groups excluding carboxylic acids is 1. The van der Waals surface area contributed by atoms with Gasteiger partial charge in [0.05, 0.1) is 0 Å². The van der Waals surface area contributed by atoms with E-state index in [1.54, 1.807) is 0 Å². The Labute approximate surface area is 119 Å². The average molecular weight is 264 g/mol. The van der Waals surface area contributed by atoms with Crippen LogP contribution in [0.3, 0.4) is 0 Å². The molecule has 1 nitrogen and oxygen atoms in total. The van der Waals surface area contributed by atoms with E-state index >= 15 is 0 Å². The van der Waals surface area contributed by atoms with E-state index in [0.717, 1.165) is 18.3 Å². The Bertz CT molecular complexity index is 241. The van der Waals surface area contributed by atoms with Gasteiger partial charge in [-0.2, -0.15) is 0 Å². The Hall–Kier alpha value is -0.330. The van der Waals surface area contributed by atoms with Crippen LogP contribution < -0.4 is 0 Å². The smallest absolute Gasteiger partial charge is 0.120 e. The first-order valence-electron chi connectivity index (χ1n) is 8.77. The van der Waals surface area contributed by atoms with E-state index in [1.165, 1.54) is 83.3 Å². The highest BCUT2D eigenvalue weighted by molar-refractivity contribution is 5.51. The van der Waals surface area contributed by atoms with Gasteiger partial charge in [0, 0.05) is 6.42 Å². The molecule has 2 rings (SSSR count). The van der Waals surface area contributed by atoms with Gasteiger partial charge in [-0.15, -0.1) is 0 Å². The molecule has 2 fully saturated rings. The second kappa shape index (κ2) is 7.45. The SMILES string of the molecule is CCCC(CC=O)(C1CCCCC1)C1CCCCC1. The molecule has 0 unspecified atom stereocenters. The molecule has 0 aromatic carbocycles. The maximum Gasteiger partial charge on any atom is 0.120 e. The normalized spacial score (nSPS) is 23.4. The zero-order chi connectivity index (χ0) is 13.6. The molecule has 0 N–H and O–H groups in total. The first kappa shape index (κ1) is 15.1. The fraction of sp³-hybridized carbons (Fsp3) is 0.944. The Balaban J connectivity index is 2.18. The van der Waals surface area contributed by atoms with Gasteiger partial charge in [0.1, 0.15) is 6.29 Å². The van der Waals surface area contributed by atoms with E-state index in [-0.39, 0.29) is 0 Å². The van der Waals surface area contributed by atoms with E-state index in [9.17, 15) is 4.79 Å². The van der Waals surface area contributed by atoms with Crippen molar-refractivity contribution in [3.05, 3.63) is 0 Å².